The number of likely N-dealkylation sites (tertiary alicyclic amines) is 1. The third kappa shape index (κ3) is 5.15. The minimum atomic E-state index is -0.120. The first-order chi connectivity index (χ1) is 12.8. The summed E-state index contributed by atoms with van der Waals surface area (Å²) in [5.41, 5.74) is 3.11. The highest BCUT2D eigenvalue weighted by Crippen LogP contribution is 2.30. The van der Waals surface area contributed by atoms with Crippen LogP contribution >= 0.6 is 0 Å². The third-order valence-corrected chi connectivity index (χ3v) is 5.28. The normalized spacial score (nSPS) is 20.2. The molecule has 0 bridgehead atoms. The molecule has 1 fully saturated rings. The van der Waals surface area contributed by atoms with Crippen LogP contribution in [0.3, 0.4) is 0 Å². The molecule has 1 unspecified atom stereocenters. The van der Waals surface area contributed by atoms with Gasteiger partial charge < -0.3 is 15.1 Å². The summed E-state index contributed by atoms with van der Waals surface area (Å²) in [5, 5.41) is 2.91. The van der Waals surface area contributed by atoms with E-state index in [-0.39, 0.29) is 5.91 Å². The van der Waals surface area contributed by atoms with Crippen molar-refractivity contribution in [2.45, 2.75) is 26.8 Å². The largest absolute Gasteiger partial charge is 0.306 e. The van der Waals surface area contributed by atoms with Crippen molar-refractivity contribution in [2.24, 2.45) is 5.41 Å². The summed E-state index contributed by atoms with van der Waals surface area (Å²) in [6, 6.07) is 11.7. The standard InChI is InChI=1S/C22H30N4O/c1-17-7-6-11-23-20(17)24-21(27)19-9-5-8-18(13-19)14-26(4)16-22(2)10-12-25(3)15-22/h5-9,11,13H,10,12,14-16H2,1-4H3,(H,23,24,27). The molecule has 0 aliphatic carbocycles. The number of amides is 1. The molecule has 2 heterocycles. The monoisotopic (exact) mass is 366 g/mol. The maximum Gasteiger partial charge on any atom is 0.256 e. The zero-order valence-corrected chi connectivity index (χ0v) is 16.8. The van der Waals surface area contributed by atoms with Gasteiger partial charge in [0.05, 0.1) is 0 Å². The number of carbonyl (C=O) groups is 1. The Morgan fingerprint density at radius 1 is 1.33 bits per heavy atom. The smallest absolute Gasteiger partial charge is 0.256 e. The first-order valence-electron chi connectivity index (χ1n) is 9.54. The number of benzene rings is 1. The van der Waals surface area contributed by atoms with Crippen LogP contribution in [-0.4, -0.2) is 54.4 Å². The SMILES string of the molecule is Cc1cccnc1NC(=O)c1cccc(CN(C)CC2(C)CCN(C)C2)c1. The average molecular weight is 367 g/mol. The van der Waals surface area contributed by atoms with Gasteiger partial charge >= 0.3 is 0 Å². The van der Waals surface area contributed by atoms with Crippen LogP contribution in [-0.2, 0) is 6.54 Å². The third-order valence-electron chi connectivity index (χ3n) is 5.28. The second-order valence-electron chi connectivity index (χ2n) is 8.29. The molecule has 27 heavy (non-hydrogen) atoms. The molecule has 144 valence electrons. The number of hydrogen-bond acceptors (Lipinski definition) is 4. The maximum atomic E-state index is 12.6. The second kappa shape index (κ2) is 8.19. The fourth-order valence-electron chi connectivity index (χ4n) is 4.03. The van der Waals surface area contributed by atoms with Crippen molar-refractivity contribution in [3.63, 3.8) is 0 Å². The summed E-state index contributed by atoms with van der Waals surface area (Å²) in [6.07, 6.45) is 2.93. The number of nitrogens with zero attached hydrogens (tertiary/aromatic N) is 3. The first kappa shape index (κ1) is 19.5. The molecular weight excluding hydrogens is 336 g/mol. The molecule has 1 aromatic carbocycles. The van der Waals surface area contributed by atoms with E-state index < -0.39 is 0 Å². The van der Waals surface area contributed by atoms with Crippen molar-refractivity contribution in [2.75, 3.05) is 39.0 Å². The van der Waals surface area contributed by atoms with Crippen LogP contribution in [0.15, 0.2) is 42.6 Å². The summed E-state index contributed by atoms with van der Waals surface area (Å²) in [5.74, 6) is 0.494. The Balaban J connectivity index is 1.63. The van der Waals surface area contributed by atoms with E-state index in [0.29, 0.717) is 16.8 Å². The van der Waals surface area contributed by atoms with Crippen molar-refractivity contribution in [3.8, 4) is 0 Å². The Morgan fingerprint density at radius 3 is 2.85 bits per heavy atom. The van der Waals surface area contributed by atoms with Crippen LogP contribution < -0.4 is 5.32 Å². The molecule has 0 saturated carbocycles. The minimum Gasteiger partial charge on any atom is -0.306 e. The maximum absolute atomic E-state index is 12.6. The molecule has 1 aliphatic rings. The van der Waals surface area contributed by atoms with Crippen LogP contribution in [0.2, 0.25) is 0 Å². The lowest BCUT2D eigenvalue weighted by molar-refractivity contribution is 0.102. The molecule has 1 aromatic heterocycles. The van der Waals surface area contributed by atoms with Gasteiger partial charge in [-0.15, -0.1) is 0 Å². The molecule has 5 nitrogen and oxygen atoms in total. The van der Waals surface area contributed by atoms with Gasteiger partial charge in [0.15, 0.2) is 0 Å². The number of nitrogens with one attached hydrogen (secondary N) is 1. The van der Waals surface area contributed by atoms with E-state index in [1.807, 2.05) is 37.3 Å². The van der Waals surface area contributed by atoms with Gasteiger partial charge in [-0.3, -0.25) is 4.79 Å². The highest BCUT2D eigenvalue weighted by molar-refractivity contribution is 6.04. The summed E-state index contributed by atoms with van der Waals surface area (Å²) >= 11 is 0. The summed E-state index contributed by atoms with van der Waals surface area (Å²) in [4.78, 5) is 21.6. The molecule has 3 rings (SSSR count). The predicted octanol–water partition coefficient (Wildman–Crippen LogP) is 3.42. The number of anilines is 1. The zero-order chi connectivity index (χ0) is 19.4. The molecule has 5 heteroatoms. The fraction of sp³-hybridized carbons (Fsp3) is 0.455. The zero-order valence-electron chi connectivity index (χ0n) is 16.8. The number of aryl methyl sites for hydroxylation is 1. The van der Waals surface area contributed by atoms with E-state index in [9.17, 15) is 4.79 Å². The minimum absolute atomic E-state index is 0.120. The Labute approximate surface area is 162 Å². The summed E-state index contributed by atoms with van der Waals surface area (Å²) in [7, 11) is 4.35. The van der Waals surface area contributed by atoms with E-state index in [2.05, 4.69) is 47.2 Å². The van der Waals surface area contributed by atoms with E-state index in [0.717, 1.165) is 30.8 Å². The first-order valence-corrected chi connectivity index (χ1v) is 9.54. The van der Waals surface area contributed by atoms with Crippen LogP contribution in [0.1, 0.15) is 34.8 Å². The van der Waals surface area contributed by atoms with Crippen LogP contribution in [0.25, 0.3) is 0 Å². The predicted molar refractivity (Wildman–Crippen MR) is 110 cm³/mol. The van der Waals surface area contributed by atoms with Gasteiger partial charge in [-0.2, -0.15) is 0 Å². The van der Waals surface area contributed by atoms with Crippen molar-refractivity contribution in [1.29, 1.82) is 0 Å². The van der Waals surface area contributed by atoms with Crippen molar-refractivity contribution in [1.82, 2.24) is 14.8 Å². The average Bonchev–Trinajstić information content (AvgIpc) is 2.95. The van der Waals surface area contributed by atoms with Gasteiger partial charge in [-0.1, -0.05) is 25.1 Å². The second-order valence-corrected chi connectivity index (χ2v) is 8.29. The van der Waals surface area contributed by atoms with Crippen LogP contribution in [0, 0.1) is 12.3 Å². The Morgan fingerprint density at radius 2 is 2.15 bits per heavy atom. The lowest BCUT2D eigenvalue weighted by atomic mass is 9.89. The quantitative estimate of drug-likeness (QED) is 0.851. The van der Waals surface area contributed by atoms with Gasteiger partial charge in [0, 0.05) is 31.4 Å². The molecule has 0 spiro atoms. The summed E-state index contributed by atoms with van der Waals surface area (Å²) < 4.78 is 0. The van der Waals surface area contributed by atoms with Crippen LogP contribution in [0.4, 0.5) is 5.82 Å². The highest BCUT2D eigenvalue weighted by atomic mass is 16.1. The Kier molecular flexibility index (Phi) is 5.92. The van der Waals surface area contributed by atoms with Gasteiger partial charge in [-0.05, 0) is 68.7 Å². The summed E-state index contributed by atoms with van der Waals surface area (Å²) in [6.45, 7) is 8.52. The van der Waals surface area contributed by atoms with E-state index in [4.69, 9.17) is 0 Å². The lowest BCUT2D eigenvalue weighted by Crippen LogP contribution is -2.35. The van der Waals surface area contributed by atoms with Gasteiger partial charge in [-0.25, -0.2) is 4.98 Å². The highest BCUT2D eigenvalue weighted by Gasteiger charge is 2.32. The molecule has 1 aliphatic heterocycles. The molecule has 1 saturated heterocycles. The Bertz CT molecular complexity index is 806. The van der Waals surface area contributed by atoms with E-state index in [1.165, 1.54) is 13.0 Å². The number of pyridine rings is 1. The molecule has 1 atom stereocenters. The number of rotatable bonds is 6. The van der Waals surface area contributed by atoms with E-state index in [1.54, 1.807) is 6.20 Å². The topological polar surface area (TPSA) is 48.5 Å². The molecule has 0 radical (unpaired) electrons. The Hall–Kier alpha value is -2.24. The number of hydrogen-bond donors (Lipinski definition) is 1. The van der Waals surface area contributed by atoms with Crippen LogP contribution in [0.5, 0.6) is 0 Å². The van der Waals surface area contributed by atoms with Gasteiger partial charge in [0.1, 0.15) is 5.82 Å². The molecule has 1 amide bonds. The molecule has 1 N–H and O–H groups in total. The van der Waals surface area contributed by atoms with Crippen molar-refractivity contribution < 1.29 is 4.79 Å². The van der Waals surface area contributed by atoms with Gasteiger partial charge in [0.2, 0.25) is 0 Å². The fourth-order valence-corrected chi connectivity index (χ4v) is 4.03. The lowest BCUT2D eigenvalue weighted by Gasteiger charge is -2.30. The molecule has 2 aromatic rings. The molecular formula is C22H30N4O. The number of aromatic nitrogens is 1. The van der Waals surface area contributed by atoms with E-state index >= 15 is 0 Å². The van der Waals surface area contributed by atoms with Crippen molar-refractivity contribution in [3.05, 3.63) is 59.3 Å². The van der Waals surface area contributed by atoms with Gasteiger partial charge in [0.25, 0.3) is 5.91 Å². The van der Waals surface area contributed by atoms with Crippen molar-refractivity contribution >= 4 is 11.7 Å². The number of carbonyl (C=O) groups excluding carboxylic acids is 1.